The Bertz CT molecular complexity index is 1770. The Balaban J connectivity index is 1.32. The predicted molar refractivity (Wildman–Crippen MR) is 165 cm³/mol. The number of carbonyl (C=O) groups excluding carboxylic acids is 2. The van der Waals surface area contributed by atoms with E-state index in [0.29, 0.717) is 48.8 Å². The van der Waals surface area contributed by atoms with Crippen molar-refractivity contribution in [2.75, 3.05) is 17.3 Å². The van der Waals surface area contributed by atoms with E-state index in [4.69, 9.17) is 21.7 Å². The van der Waals surface area contributed by atoms with Crippen LogP contribution in [0, 0.1) is 17.1 Å². The maximum absolute atomic E-state index is 13.4. The highest BCUT2D eigenvalue weighted by Gasteiger charge is 2.33. The lowest BCUT2D eigenvalue weighted by atomic mass is 10.1. The van der Waals surface area contributed by atoms with Gasteiger partial charge in [0, 0.05) is 16.8 Å². The SMILES string of the molecule is COc1cc(/C=C2/SC(=S)N(c3cccc(C(=O)Nc4ccc(F)cc4)c3)C2=O)ccc1OCc1ccccc1C#N. The Labute approximate surface area is 251 Å². The number of hydrogen-bond acceptors (Lipinski definition) is 7. The molecule has 0 spiro atoms. The molecule has 208 valence electrons. The zero-order chi connectivity index (χ0) is 29.6. The van der Waals surface area contributed by atoms with Crippen LogP contribution in [0.1, 0.15) is 27.0 Å². The van der Waals surface area contributed by atoms with Crippen LogP contribution in [0.4, 0.5) is 15.8 Å². The summed E-state index contributed by atoms with van der Waals surface area (Å²) in [6, 6.07) is 26.6. The number of methoxy groups -OCH3 is 1. The largest absolute Gasteiger partial charge is 0.493 e. The predicted octanol–water partition coefficient (Wildman–Crippen LogP) is 6.94. The molecule has 0 atom stereocenters. The molecule has 1 aliphatic rings. The van der Waals surface area contributed by atoms with Gasteiger partial charge in [0.2, 0.25) is 0 Å². The fraction of sp³-hybridized carbons (Fsp3) is 0.0625. The Morgan fingerprint density at radius 2 is 1.83 bits per heavy atom. The van der Waals surface area contributed by atoms with E-state index in [0.717, 1.165) is 17.3 Å². The van der Waals surface area contributed by atoms with E-state index in [2.05, 4.69) is 11.4 Å². The van der Waals surface area contributed by atoms with Crippen molar-refractivity contribution in [3.05, 3.63) is 124 Å². The van der Waals surface area contributed by atoms with Gasteiger partial charge in [-0.25, -0.2) is 4.39 Å². The van der Waals surface area contributed by atoms with Gasteiger partial charge in [0.25, 0.3) is 11.8 Å². The molecule has 1 fully saturated rings. The first-order chi connectivity index (χ1) is 20.4. The van der Waals surface area contributed by atoms with Crippen molar-refractivity contribution in [3.63, 3.8) is 0 Å². The lowest BCUT2D eigenvalue weighted by molar-refractivity contribution is -0.113. The maximum Gasteiger partial charge on any atom is 0.270 e. The summed E-state index contributed by atoms with van der Waals surface area (Å²) in [6.45, 7) is 0.194. The molecule has 1 saturated heterocycles. The molecule has 2 amide bonds. The van der Waals surface area contributed by atoms with Gasteiger partial charge in [0.05, 0.1) is 29.3 Å². The second-order valence-electron chi connectivity index (χ2n) is 9.00. The normalized spacial score (nSPS) is 13.6. The average Bonchev–Trinajstić information content (AvgIpc) is 3.29. The lowest BCUT2D eigenvalue weighted by Gasteiger charge is -2.15. The average molecular weight is 596 g/mol. The van der Waals surface area contributed by atoms with Gasteiger partial charge in [0.1, 0.15) is 12.4 Å². The molecule has 5 rings (SSSR count). The van der Waals surface area contributed by atoms with E-state index in [9.17, 15) is 19.2 Å². The number of amides is 2. The number of thiocarbonyl (C=S) groups is 1. The second-order valence-corrected chi connectivity index (χ2v) is 10.7. The van der Waals surface area contributed by atoms with Gasteiger partial charge in [0.15, 0.2) is 15.8 Å². The summed E-state index contributed by atoms with van der Waals surface area (Å²) in [5.74, 6) is -0.180. The Hall–Kier alpha value is -4.98. The maximum atomic E-state index is 13.4. The van der Waals surface area contributed by atoms with Crippen LogP contribution in [0.25, 0.3) is 6.08 Å². The molecule has 1 N–H and O–H groups in total. The summed E-state index contributed by atoms with van der Waals surface area (Å²) >= 11 is 6.66. The number of rotatable bonds is 8. The van der Waals surface area contributed by atoms with E-state index < -0.39 is 11.7 Å². The van der Waals surface area contributed by atoms with E-state index in [-0.39, 0.29) is 12.5 Å². The molecule has 0 unspecified atom stereocenters. The molecule has 0 radical (unpaired) electrons. The van der Waals surface area contributed by atoms with Crippen molar-refractivity contribution in [2.45, 2.75) is 6.61 Å². The molecule has 4 aromatic rings. The van der Waals surface area contributed by atoms with Crippen molar-refractivity contribution in [1.29, 1.82) is 5.26 Å². The number of anilines is 2. The Kier molecular flexibility index (Phi) is 8.62. The highest BCUT2D eigenvalue weighted by Crippen LogP contribution is 2.37. The van der Waals surface area contributed by atoms with E-state index in [1.54, 1.807) is 60.7 Å². The first-order valence-electron chi connectivity index (χ1n) is 12.6. The van der Waals surface area contributed by atoms with Gasteiger partial charge in [-0.1, -0.05) is 54.3 Å². The van der Waals surface area contributed by atoms with Crippen molar-refractivity contribution < 1.29 is 23.5 Å². The third-order valence-electron chi connectivity index (χ3n) is 6.27. The van der Waals surface area contributed by atoms with Crippen LogP contribution in [0.2, 0.25) is 0 Å². The summed E-state index contributed by atoms with van der Waals surface area (Å²) in [7, 11) is 1.52. The third-order valence-corrected chi connectivity index (χ3v) is 7.57. The second kappa shape index (κ2) is 12.7. The Morgan fingerprint density at radius 1 is 1.05 bits per heavy atom. The van der Waals surface area contributed by atoms with Crippen LogP contribution in [0.3, 0.4) is 0 Å². The Morgan fingerprint density at radius 3 is 2.60 bits per heavy atom. The molecule has 42 heavy (non-hydrogen) atoms. The van der Waals surface area contributed by atoms with Crippen molar-refractivity contribution in [1.82, 2.24) is 0 Å². The lowest BCUT2D eigenvalue weighted by Crippen LogP contribution is -2.27. The zero-order valence-electron chi connectivity index (χ0n) is 22.2. The molecule has 1 aliphatic heterocycles. The zero-order valence-corrected chi connectivity index (χ0v) is 23.8. The quantitative estimate of drug-likeness (QED) is 0.174. The number of benzene rings is 4. The van der Waals surface area contributed by atoms with Gasteiger partial charge in [-0.15, -0.1) is 0 Å². The summed E-state index contributed by atoms with van der Waals surface area (Å²) in [5.41, 5.74) is 3.20. The van der Waals surface area contributed by atoms with Crippen LogP contribution in [0.15, 0.2) is 95.9 Å². The van der Waals surface area contributed by atoms with E-state index in [1.165, 1.54) is 36.3 Å². The molecule has 0 aliphatic carbocycles. The third kappa shape index (κ3) is 6.33. The number of halogens is 1. The minimum absolute atomic E-state index is 0.194. The number of nitrogens with one attached hydrogen (secondary N) is 1. The summed E-state index contributed by atoms with van der Waals surface area (Å²) in [4.78, 5) is 28.0. The van der Waals surface area contributed by atoms with Crippen molar-refractivity contribution in [3.8, 4) is 17.6 Å². The summed E-state index contributed by atoms with van der Waals surface area (Å²) in [5, 5.41) is 12.0. The van der Waals surface area contributed by atoms with Crippen LogP contribution in [-0.2, 0) is 11.4 Å². The molecular weight excluding hydrogens is 574 g/mol. The molecule has 1 heterocycles. The van der Waals surface area contributed by atoms with E-state index in [1.807, 2.05) is 12.1 Å². The molecule has 10 heteroatoms. The standard InChI is InChI=1S/C32H22FN3O4S2/c1-39-28-15-20(9-14-27(28)40-19-23-6-3-2-5-22(23)18-34)16-29-31(38)36(32(41)42-29)26-8-4-7-21(17-26)30(37)35-25-12-10-24(33)11-13-25/h2-17H,19H2,1H3,(H,35,37)/b29-16+. The number of nitriles is 1. The highest BCUT2D eigenvalue weighted by molar-refractivity contribution is 8.27. The molecule has 4 aromatic carbocycles. The van der Waals surface area contributed by atoms with Gasteiger partial charge >= 0.3 is 0 Å². The minimum Gasteiger partial charge on any atom is -0.493 e. The monoisotopic (exact) mass is 595 g/mol. The molecule has 0 saturated carbocycles. The van der Waals surface area contributed by atoms with Gasteiger partial charge in [-0.05, 0) is 72.3 Å². The number of ether oxygens (including phenoxy) is 2. The number of hydrogen-bond donors (Lipinski definition) is 1. The topological polar surface area (TPSA) is 91.7 Å². The van der Waals surface area contributed by atoms with Crippen molar-refractivity contribution >= 4 is 57.6 Å². The van der Waals surface area contributed by atoms with Gasteiger partial charge < -0.3 is 14.8 Å². The number of nitrogens with zero attached hydrogens (tertiary/aromatic N) is 2. The molecule has 7 nitrogen and oxygen atoms in total. The smallest absolute Gasteiger partial charge is 0.270 e. The molecular formula is C32H22FN3O4S2. The van der Waals surface area contributed by atoms with Crippen LogP contribution >= 0.6 is 24.0 Å². The summed E-state index contributed by atoms with van der Waals surface area (Å²) < 4.78 is 25.0. The fourth-order valence-electron chi connectivity index (χ4n) is 4.17. The van der Waals surface area contributed by atoms with Crippen LogP contribution < -0.4 is 19.7 Å². The number of thioether (sulfide) groups is 1. The first kappa shape index (κ1) is 28.5. The van der Waals surface area contributed by atoms with E-state index >= 15 is 0 Å². The number of carbonyl (C=O) groups is 2. The van der Waals surface area contributed by atoms with Gasteiger partial charge in [-0.2, -0.15) is 5.26 Å². The minimum atomic E-state index is -0.407. The fourth-order valence-corrected chi connectivity index (χ4v) is 5.47. The van der Waals surface area contributed by atoms with Crippen LogP contribution in [0.5, 0.6) is 11.5 Å². The molecule has 0 bridgehead atoms. The summed E-state index contributed by atoms with van der Waals surface area (Å²) in [6.07, 6.45) is 1.71. The van der Waals surface area contributed by atoms with Crippen molar-refractivity contribution in [2.24, 2.45) is 0 Å². The first-order valence-corrected chi connectivity index (χ1v) is 13.8. The molecule has 0 aromatic heterocycles. The van der Waals surface area contributed by atoms with Gasteiger partial charge in [-0.3, -0.25) is 14.5 Å². The van der Waals surface area contributed by atoms with Crippen LogP contribution in [-0.4, -0.2) is 23.2 Å². The highest BCUT2D eigenvalue weighted by atomic mass is 32.2.